The van der Waals surface area contributed by atoms with Gasteiger partial charge in [0.1, 0.15) is 16.9 Å². The molecular formula is C26H30O5S. The van der Waals surface area contributed by atoms with E-state index in [1.165, 1.54) is 5.56 Å². The summed E-state index contributed by atoms with van der Waals surface area (Å²) in [5.41, 5.74) is 2.73. The predicted molar refractivity (Wildman–Crippen MR) is 126 cm³/mol. The third kappa shape index (κ3) is 5.26. The second-order valence-electron chi connectivity index (χ2n) is 9.24. The van der Waals surface area contributed by atoms with E-state index >= 15 is 0 Å². The first-order chi connectivity index (χ1) is 15.3. The lowest BCUT2D eigenvalue weighted by Crippen LogP contribution is -2.25. The molecule has 2 unspecified atom stereocenters. The monoisotopic (exact) mass is 454 g/mol. The summed E-state index contributed by atoms with van der Waals surface area (Å²) < 4.78 is 30.9. The highest BCUT2D eigenvalue weighted by Crippen LogP contribution is 2.27. The van der Waals surface area contributed by atoms with Gasteiger partial charge in [-0.3, -0.25) is 4.79 Å². The number of rotatable bonds is 6. The topological polar surface area (TPSA) is 71.7 Å². The Morgan fingerprint density at radius 2 is 1.84 bits per heavy atom. The lowest BCUT2D eigenvalue weighted by atomic mass is 9.87. The molecular weight excluding hydrogens is 424 g/mol. The fourth-order valence-corrected chi connectivity index (χ4v) is 5.04. The molecule has 0 bridgehead atoms. The van der Waals surface area contributed by atoms with Crippen LogP contribution in [-0.4, -0.2) is 17.4 Å². The Bertz CT molecular complexity index is 1110. The number of hydrogen-bond donors (Lipinski definition) is 0. The van der Waals surface area contributed by atoms with Crippen LogP contribution in [0.2, 0.25) is 0 Å². The zero-order valence-corrected chi connectivity index (χ0v) is 19.7. The van der Waals surface area contributed by atoms with E-state index in [4.69, 9.17) is 13.9 Å². The van der Waals surface area contributed by atoms with Gasteiger partial charge in [0.15, 0.2) is 6.29 Å². The van der Waals surface area contributed by atoms with Gasteiger partial charge in [-0.25, -0.2) is 0 Å². The van der Waals surface area contributed by atoms with Crippen molar-refractivity contribution in [3.05, 3.63) is 75.4 Å². The second-order valence-corrected chi connectivity index (χ2v) is 10.6. The van der Waals surface area contributed by atoms with E-state index in [0.29, 0.717) is 23.1 Å². The van der Waals surface area contributed by atoms with Gasteiger partial charge in [-0.15, -0.1) is 0 Å². The van der Waals surface area contributed by atoms with Gasteiger partial charge in [-0.1, -0.05) is 57.2 Å². The van der Waals surface area contributed by atoms with Crippen LogP contribution in [0.25, 0.3) is 11.0 Å². The average Bonchev–Trinajstić information content (AvgIpc) is 2.79. The molecule has 0 amide bonds. The van der Waals surface area contributed by atoms with Crippen LogP contribution in [0.1, 0.15) is 56.7 Å². The molecule has 170 valence electrons. The molecule has 1 aromatic heterocycles. The molecule has 1 saturated heterocycles. The van der Waals surface area contributed by atoms with Crippen molar-refractivity contribution in [2.24, 2.45) is 0 Å². The highest BCUT2D eigenvalue weighted by Gasteiger charge is 2.27. The number of para-hydroxylation sites is 1. The Kier molecular flexibility index (Phi) is 7.05. The van der Waals surface area contributed by atoms with Crippen molar-refractivity contribution >= 4 is 22.1 Å². The molecule has 1 aliphatic rings. The van der Waals surface area contributed by atoms with Crippen molar-refractivity contribution in [2.75, 3.05) is 6.61 Å². The van der Waals surface area contributed by atoms with Gasteiger partial charge in [0.25, 0.3) is 0 Å². The van der Waals surface area contributed by atoms with Gasteiger partial charge in [0, 0.05) is 23.3 Å². The van der Waals surface area contributed by atoms with E-state index in [1.807, 2.05) is 12.1 Å². The first-order valence-electron chi connectivity index (χ1n) is 11.1. The minimum absolute atomic E-state index is 0.0157. The molecule has 2 heterocycles. The molecule has 6 heteroatoms. The Morgan fingerprint density at radius 3 is 2.53 bits per heavy atom. The summed E-state index contributed by atoms with van der Waals surface area (Å²) in [6.45, 7) is 7.15. The fraction of sp³-hybridized carbons (Fsp3) is 0.423. The molecule has 0 spiro atoms. The number of hydrogen-bond acceptors (Lipinski definition) is 5. The first kappa shape index (κ1) is 23.1. The van der Waals surface area contributed by atoms with Gasteiger partial charge < -0.3 is 18.4 Å². The van der Waals surface area contributed by atoms with Crippen LogP contribution in [-0.2, 0) is 38.4 Å². The lowest BCUT2D eigenvalue weighted by molar-refractivity contribution is -0.169. The number of ether oxygens (including phenoxy) is 2. The molecule has 32 heavy (non-hydrogen) atoms. The van der Waals surface area contributed by atoms with Crippen molar-refractivity contribution in [2.45, 2.75) is 69.2 Å². The second kappa shape index (κ2) is 9.79. The van der Waals surface area contributed by atoms with E-state index in [9.17, 15) is 9.35 Å². The van der Waals surface area contributed by atoms with E-state index in [2.05, 4.69) is 32.9 Å². The van der Waals surface area contributed by atoms with E-state index in [-0.39, 0.29) is 34.6 Å². The van der Waals surface area contributed by atoms with Crippen molar-refractivity contribution in [3.63, 3.8) is 0 Å². The van der Waals surface area contributed by atoms with Crippen LogP contribution in [0.15, 0.2) is 62.8 Å². The average molecular weight is 455 g/mol. The summed E-state index contributed by atoms with van der Waals surface area (Å²) in [5.74, 6) is 0.263. The molecule has 1 aliphatic heterocycles. The third-order valence-corrected chi connectivity index (χ3v) is 7.07. The van der Waals surface area contributed by atoms with Gasteiger partial charge >= 0.3 is 5.09 Å². The third-order valence-electron chi connectivity index (χ3n) is 5.73. The summed E-state index contributed by atoms with van der Waals surface area (Å²) in [6, 6.07) is 15.1. The van der Waals surface area contributed by atoms with E-state index in [0.717, 1.165) is 24.8 Å². The zero-order chi connectivity index (χ0) is 22.7. The van der Waals surface area contributed by atoms with E-state index < -0.39 is 11.2 Å². The fourth-order valence-electron chi connectivity index (χ4n) is 3.81. The Hall–Kier alpha value is -2.12. The lowest BCUT2D eigenvalue weighted by Gasteiger charge is -2.23. The minimum atomic E-state index is -1.53. The van der Waals surface area contributed by atoms with Crippen LogP contribution < -0.4 is 5.43 Å². The molecule has 2 aromatic carbocycles. The molecule has 0 aliphatic carbocycles. The van der Waals surface area contributed by atoms with E-state index in [1.54, 1.807) is 24.3 Å². The highest BCUT2D eigenvalue weighted by molar-refractivity contribution is 7.90. The smallest absolute Gasteiger partial charge is 0.321 e. The van der Waals surface area contributed by atoms with Crippen LogP contribution >= 0.6 is 0 Å². The normalized spacial score (nSPS) is 18.1. The Labute approximate surface area is 191 Å². The molecule has 0 N–H and O–H groups in total. The highest BCUT2D eigenvalue weighted by atomic mass is 32.2. The van der Waals surface area contributed by atoms with Crippen molar-refractivity contribution in [1.82, 2.24) is 0 Å². The molecule has 3 aromatic rings. The SMILES string of the molecule is CC(C)(C)c1ccc(C[S+]([O-])c2oc3ccccc3c(=O)c2COC2CCCCO2)cc1. The molecule has 4 rings (SSSR count). The molecule has 1 fully saturated rings. The van der Waals surface area contributed by atoms with Gasteiger partial charge in [-0.05, 0) is 42.4 Å². The quantitative estimate of drug-likeness (QED) is 0.464. The Balaban J connectivity index is 1.62. The van der Waals surface area contributed by atoms with Crippen molar-refractivity contribution in [1.29, 1.82) is 0 Å². The molecule has 2 atom stereocenters. The predicted octanol–water partition coefficient (Wildman–Crippen LogP) is 5.44. The maximum Gasteiger partial charge on any atom is 0.321 e. The summed E-state index contributed by atoms with van der Waals surface area (Å²) in [4.78, 5) is 13.2. The standard InChI is InChI=1S/C26H30O5S/c1-26(2,3)19-13-11-18(12-14-19)17-32(28)25-21(16-30-23-10-6-7-15-29-23)24(27)20-8-4-5-9-22(20)31-25/h4-5,8-9,11-14,23H,6-7,10,15-17H2,1-3H3. The van der Waals surface area contributed by atoms with Crippen LogP contribution in [0.5, 0.6) is 0 Å². The summed E-state index contributed by atoms with van der Waals surface area (Å²) in [5, 5.41) is 0.648. The maximum atomic E-state index is 13.4. The zero-order valence-electron chi connectivity index (χ0n) is 18.9. The Morgan fingerprint density at radius 1 is 1.09 bits per heavy atom. The summed E-state index contributed by atoms with van der Waals surface area (Å²) in [6.07, 6.45) is 2.49. The molecule has 5 nitrogen and oxygen atoms in total. The van der Waals surface area contributed by atoms with Gasteiger partial charge in [0.2, 0.25) is 5.43 Å². The van der Waals surface area contributed by atoms with Gasteiger partial charge in [-0.2, -0.15) is 0 Å². The largest absolute Gasteiger partial charge is 0.609 e. The molecule has 0 radical (unpaired) electrons. The van der Waals surface area contributed by atoms with Crippen LogP contribution in [0.3, 0.4) is 0 Å². The first-order valence-corrected chi connectivity index (χ1v) is 12.4. The number of benzene rings is 2. The van der Waals surface area contributed by atoms with Gasteiger partial charge in [0.05, 0.1) is 12.0 Å². The van der Waals surface area contributed by atoms with Crippen LogP contribution in [0.4, 0.5) is 0 Å². The van der Waals surface area contributed by atoms with Crippen molar-refractivity contribution < 1.29 is 18.4 Å². The summed E-state index contributed by atoms with van der Waals surface area (Å²) in [7, 11) is 0. The maximum absolute atomic E-state index is 13.4. The number of fused-ring (bicyclic) bond motifs is 1. The van der Waals surface area contributed by atoms with Crippen LogP contribution in [0, 0.1) is 0 Å². The van der Waals surface area contributed by atoms with Crippen molar-refractivity contribution in [3.8, 4) is 0 Å². The molecule has 0 saturated carbocycles. The minimum Gasteiger partial charge on any atom is -0.609 e. The summed E-state index contributed by atoms with van der Waals surface area (Å²) >= 11 is -1.53.